The van der Waals surface area contributed by atoms with Crippen LogP contribution in [-0.4, -0.2) is 58.2 Å². The number of carbonyl (C=O) groups is 1. The van der Waals surface area contributed by atoms with Gasteiger partial charge in [0.1, 0.15) is 5.82 Å². The Morgan fingerprint density at radius 1 is 1.24 bits per heavy atom. The topological polar surface area (TPSA) is 94.3 Å². The summed E-state index contributed by atoms with van der Waals surface area (Å²) in [5.74, 6) is 1.37. The first-order chi connectivity index (χ1) is 11.8. The smallest absolute Gasteiger partial charge is 0.343 e. The third-order valence-corrected chi connectivity index (χ3v) is 7.19. The Hall–Kier alpha value is -1.64. The molecular formula is C16H26N4O4S. The van der Waals surface area contributed by atoms with Crippen LogP contribution in [0, 0.1) is 5.92 Å². The number of sulfone groups is 1. The van der Waals surface area contributed by atoms with E-state index in [9.17, 15) is 18.0 Å². The van der Waals surface area contributed by atoms with Gasteiger partial charge in [-0.3, -0.25) is 9.36 Å². The molecule has 0 N–H and O–H groups in total. The predicted molar refractivity (Wildman–Crippen MR) is 93.1 cm³/mol. The van der Waals surface area contributed by atoms with Gasteiger partial charge in [-0.2, -0.15) is 5.10 Å². The highest BCUT2D eigenvalue weighted by Gasteiger charge is 2.32. The van der Waals surface area contributed by atoms with Gasteiger partial charge in [-0.05, 0) is 32.1 Å². The van der Waals surface area contributed by atoms with Crippen molar-refractivity contribution in [3.63, 3.8) is 0 Å². The van der Waals surface area contributed by atoms with Gasteiger partial charge in [0, 0.05) is 39.0 Å². The molecule has 2 aliphatic rings. The average molecular weight is 370 g/mol. The first kappa shape index (κ1) is 18.2. The largest absolute Gasteiger partial charge is 0.345 e. The van der Waals surface area contributed by atoms with Crippen LogP contribution in [0.4, 0.5) is 0 Å². The molecule has 140 valence electrons. The van der Waals surface area contributed by atoms with Crippen LogP contribution in [0.15, 0.2) is 4.79 Å². The lowest BCUT2D eigenvalue weighted by Crippen LogP contribution is -2.39. The SMILES string of the molecule is CCn1c(C2CCN(C(=O)C[C@@H]3CCS(=O)(=O)C3)CC2)nn(C)c1=O. The van der Waals surface area contributed by atoms with Crippen molar-refractivity contribution in [1.82, 2.24) is 19.2 Å². The van der Waals surface area contributed by atoms with Gasteiger partial charge in [-0.15, -0.1) is 0 Å². The van der Waals surface area contributed by atoms with Gasteiger partial charge >= 0.3 is 5.69 Å². The number of likely N-dealkylation sites (tertiary alicyclic amines) is 1. The van der Waals surface area contributed by atoms with Crippen molar-refractivity contribution < 1.29 is 13.2 Å². The van der Waals surface area contributed by atoms with E-state index in [1.165, 1.54) is 4.68 Å². The molecule has 0 saturated carbocycles. The molecule has 1 aromatic heterocycles. The molecule has 8 nitrogen and oxygen atoms in total. The molecule has 2 aliphatic heterocycles. The number of amides is 1. The van der Waals surface area contributed by atoms with Gasteiger partial charge in [0.15, 0.2) is 9.84 Å². The summed E-state index contributed by atoms with van der Waals surface area (Å²) in [5.41, 5.74) is -0.0987. The highest BCUT2D eigenvalue weighted by Crippen LogP contribution is 2.28. The lowest BCUT2D eigenvalue weighted by molar-refractivity contribution is -0.133. The molecule has 0 radical (unpaired) electrons. The molecule has 0 bridgehead atoms. The number of rotatable bonds is 4. The minimum atomic E-state index is -2.94. The van der Waals surface area contributed by atoms with Crippen LogP contribution in [0.3, 0.4) is 0 Å². The number of hydrogen-bond donors (Lipinski definition) is 0. The van der Waals surface area contributed by atoms with Crippen molar-refractivity contribution in [2.45, 2.75) is 45.1 Å². The van der Waals surface area contributed by atoms with Crippen molar-refractivity contribution in [1.29, 1.82) is 0 Å². The molecule has 9 heteroatoms. The minimum Gasteiger partial charge on any atom is -0.343 e. The fourth-order valence-electron chi connectivity index (χ4n) is 3.92. The highest BCUT2D eigenvalue weighted by atomic mass is 32.2. The second-order valence-electron chi connectivity index (χ2n) is 7.14. The Kier molecular flexibility index (Phi) is 5.04. The van der Waals surface area contributed by atoms with Crippen molar-refractivity contribution >= 4 is 15.7 Å². The molecule has 0 aromatic carbocycles. The lowest BCUT2D eigenvalue weighted by Gasteiger charge is -2.32. The summed E-state index contributed by atoms with van der Waals surface area (Å²) in [6.45, 7) is 3.80. The highest BCUT2D eigenvalue weighted by molar-refractivity contribution is 7.91. The Bertz CT molecular complexity index is 803. The zero-order valence-electron chi connectivity index (χ0n) is 14.8. The molecule has 25 heavy (non-hydrogen) atoms. The first-order valence-corrected chi connectivity index (χ1v) is 10.7. The summed E-state index contributed by atoms with van der Waals surface area (Å²) < 4.78 is 26.1. The zero-order valence-corrected chi connectivity index (χ0v) is 15.7. The number of nitrogens with zero attached hydrogens (tertiary/aromatic N) is 4. The van der Waals surface area contributed by atoms with Crippen molar-refractivity contribution in [2.24, 2.45) is 13.0 Å². The maximum Gasteiger partial charge on any atom is 0.345 e. The molecular weight excluding hydrogens is 344 g/mol. The van der Waals surface area contributed by atoms with Crippen LogP contribution in [0.1, 0.15) is 44.3 Å². The summed E-state index contributed by atoms with van der Waals surface area (Å²) in [6.07, 6.45) is 2.49. The summed E-state index contributed by atoms with van der Waals surface area (Å²) >= 11 is 0. The fourth-order valence-corrected chi connectivity index (χ4v) is 5.78. The molecule has 1 aromatic rings. The number of piperidine rings is 1. The molecule has 1 atom stereocenters. The third kappa shape index (κ3) is 3.80. The number of carbonyl (C=O) groups excluding carboxylic acids is 1. The Balaban J connectivity index is 1.58. The number of aromatic nitrogens is 3. The van der Waals surface area contributed by atoms with E-state index in [4.69, 9.17) is 0 Å². The third-order valence-electron chi connectivity index (χ3n) is 5.36. The van der Waals surface area contributed by atoms with Crippen molar-refractivity contribution in [3.05, 3.63) is 16.3 Å². The van der Waals surface area contributed by atoms with E-state index < -0.39 is 9.84 Å². The zero-order chi connectivity index (χ0) is 18.2. The van der Waals surface area contributed by atoms with Crippen LogP contribution in [0.2, 0.25) is 0 Å². The monoisotopic (exact) mass is 370 g/mol. The molecule has 2 saturated heterocycles. The molecule has 2 fully saturated rings. The van der Waals surface area contributed by atoms with Gasteiger partial charge in [0.2, 0.25) is 5.91 Å². The molecule has 3 rings (SSSR count). The molecule has 3 heterocycles. The van der Waals surface area contributed by atoms with Crippen LogP contribution >= 0.6 is 0 Å². The van der Waals surface area contributed by atoms with Gasteiger partial charge < -0.3 is 4.90 Å². The number of hydrogen-bond acceptors (Lipinski definition) is 5. The molecule has 1 amide bonds. The second kappa shape index (κ2) is 6.93. The summed E-state index contributed by atoms with van der Waals surface area (Å²) in [6, 6.07) is 0. The quantitative estimate of drug-likeness (QED) is 0.751. The standard InChI is InChI=1S/C16H26N4O4S/c1-3-20-15(17-18(2)16(20)22)13-4-7-19(8-5-13)14(21)10-12-6-9-25(23,24)11-12/h12-13H,3-11H2,1-2H3/t12-/m0/s1. The van der Waals surface area contributed by atoms with Gasteiger partial charge in [-0.25, -0.2) is 17.9 Å². The molecule has 0 spiro atoms. The number of aryl methyl sites for hydroxylation is 1. The van der Waals surface area contributed by atoms with E-state index >= 15 is 0 Å². The fraction of sp³-hybridized carbons (Fsp3) is 0.812. The van der Waals surface area contributed by atoms with Crippen LogP contribution < -0.4 is 5.69 Å². The molecule has 0 aliphatic carbocycles. The lowest BCUT2D eigenvalue weighted by atomic mass is 9.95. The van der Waals surface area contributed by atoms with Gasteiger partial charge in [-0.1, -0.05) is 0 Å². The normalized spacial score (nSPS) is 23.9. The minimum absolute atomic E-state index is 0.0312. The Morgan fingerprint density at radius 3 is 2.48 bits per heavy atom. The Morgan fingerprint density at radius 2 is 1.92 bits per heavy atom. The van der Waals surface area contributed by atoms with E-state index in [-0.39, 0.29) is 34.9 Å². The molecule has 0 unspecified atom stereocenters. The predicted octanol–water partition coefficient (Wildman–Crippen LogP) is 0.133. The van der Waals surface area contributed by atoms with E-state index in [0.29, 0.717) is 32.5 Å². The van der Waals surface area contributed by atoms with E-state index in [1.54, 1.807) is 11.6 Å². The maximum absolute atomic E-state index is 12.4. The Labute approximate surface area is 147 Å². The van der Waals surface area contributed by atoms with E-state index in [2.05, 4.69) is 5.10 Å². The maximum atomic E-state index is 12.4. The van der Waals surface area contributed by atoms with Crippen LogP contribution in [-0.2, 0) is 28.2 Å². The second-order valence-corrected chi connectivity index (χ2v) is 9.37. The summed E-state index contributed by atoms with van der Waals surface area (Å²) in [7, 11) is -1.28. The van der Waals surface area contributed by atoms with Gasteiger partial charge in [0.25, 0.3) is 0 Å². The van der Waals surface area contributed by atoms with Crippen LogP contribution in [0.5, 0.6) is 0 Å². The van der Waals surface area contributed by atoms with Crippen molar-refractivity contribution in [3.8, 4) is 0 Å². The summed E-state index contributed by atoms with van der Waals surface area (Å²) in [5, 5.41) is 4.37. The average Bonchev–Trinajstić information content (AvgIpc) is 3.06. The van der Waals surface area contributed by atoms with E-state index in [1.807, 2.05) is 11.8 Å². The van der Waals surface area contributed by atoms with Crippen LogP contribution in [0.25, 0.3) is 0 Å². The summed E-state index contributed by atoms with van der Waals surface area (Å²) in [4.78, 5) is 26.3. The first-order valence-electron chi connectivity index (χ1n) is 8.92. The van der Waals surface area contributed by atoms with Gasteiger partial charge in [0.05, 0.1) is 11.5 Å². The van der Waals surface area contributed by atoms with E-state index in [0.717, 1.165) is 18.7 Å². The van der Waals surface area contributed by atoms with Crippen molar-refractivity contribution in [2.75, 3.05) is 24.6 Å².